The van der Waals surface area contributed by atoms with Crippen molar-refractivity contribution in [2.45, 2.75) is 38.4 Å². The Balaban J connectivity index is 2.07. The van der Waals surface area contributed by atoms with E-state index in [0.717, 1.165) is 5.56 Å². The molecule has 0 unspecified atom stereocenters. The van der Waals surface area contributed by atoms with E-state index in [1.54, 1.807) is 29.2 Å². The van der Waals surface area contributed by atoms with E-state index < -0.39 is 11.2 Å². The number of β-amino-alcohol motifs (C(OH)–C–C–N with tert-alkyl or cyclic N) is 1. The van der Waals surface area contributed by atoms with Gasteiger partial charge in [0.2, 0.25) is 0 Å². The van der Waals surface area contributed by atoms with Gasteiger partial charge in [-0.3, -0.25) is 0 Å². The molecule has 1 aliphatic rings. The minimum Gasteiger partial charge on any atom is -0.444 e. The third kappa shape index (κ3) is 3.44. The number of amides is 1. The minimum absolute atomic E-state index is 0.240. The predicted octanol–water partition coefficient (Wildman–Crippen LogP) is 3.17. The first-order valence-electron chi connectivity index (χ1n) is 6.66. The molecule has 1 saturated heterocycles. The SMILES string of the molecule is CC(C)(C)OC(=O)N1CC[C@@](O)(c2ccc(Cl)cc2)C1. The summed E-state index contributed by atoms with van der Waals surface area (Å²) in [6.07, 6.45) is 0.107. The Bertz CT molecular complexity index is 495. The van der Waals surface area contributed by atoms with Crippen LogP contribution in [0.3, 0.4) is 0 Å². The fourth-order valence-corrected chi connectivity index (χ4v) is 2.40. The highest BCUT2D eigenvalue weighted by Gasteiger charge is 2.40. The Morgan fingerprint density at radius 1 is 1.35 bits per heavy atom. The smallest absolute Gasteiger partial charge is 0.410 e. The second-order valence-corrected chi connectivity index (χ2v) is 6.63. The largest absolute Gasteiger partial charge is 0.444 e. The molecule has 1 amide bonds. The highest BCUT2D eigenvalue weighted by Crippen LogP contribution is 2.33. The number of rotatable bonds is 1. The van der Waals surface area contributed by atoms with Gasteiger partial charge < -0.3 is 14.7 Å². The third-order valence-electron chi connectivity index (χ3n) is 3.28. The molecule has 1 heterocycles. The zero-order valence-corrected chi connectivity index (χ0v) is 12.8. The van der Waals surface area contributed by atoms with E-state index in [2.05, 4.69) is 0 Å². The molecule has 0 aromatic heterocycles. The first-order valence-corrected chi connectivity index (χ1v) is 7.04. The van der Waals surface area contributed by atoms with E-state index in [-0.39, 0.29) is 12.6 Å². The summed E-state index contributed by atoms with van der Waals surface area (Å²) in [5.74, 6) is 0. The summed E-state index contributed by atoms with van der Waals surface area (Å²) in [6.45, 7) is 6.20. The molecule has 1 atom stereocenters. The zero-order chi connectivity index (χ0) is 15.0. The second-order valence-electron chi connectivity index (χ2n) is 6.19. The van der Waals surface area contributed by atoms with Crippen molar-refractivity contribution in [2.75, 3.05) is 13.1 Å². The number of ether oxygens (including phenoxy) is 1. The van der Waals surface area contributed by atoms with E-state index in [1.807, 2.05) is 20.8 Å². The standard InChI is InChI=1S/C15H20ClNO3/c1-14(2,3)20-13(18)17-9-8-15(19,10-17)11-4-6-12(16)7-5-11/h4-7,19H,8-10H2,1-3H3/t15-/m0/s1. The Hall–Kier alpha value is -1.26. The molecule has 20 heavy (non-hydrogen) atoms. The molecule has 2 rings (SSSR count). The van der Waals surface area contributed by atoms with E-state index in [9.17, 15) is 9.90 Å². The summed E-state index contributed by atoms with van der Waals surface area (Å²) < 4.78 is 5.32. The lowest BCUT2D eigenvalue weighted by Crippen LogP contribution is -2.38. The van der Waals surface area contributed by atoms with Crippen LogP contribution in [-0.2, 0) is 10.3 Å². The van der Waals surface area contributed by atoms with E-state index in [1.165, 1.54) is 0 Å². The summed E-state index contributed by atoms with van der Waals surface area (Å²) in [4.78, 5) is 13.5. The van der Waals surface area contributed by atoms with Crippen LogP contribution in [0, 0.1) is 0 Å². The summed E-state index contributed by atoms with van der Waals surface area (Å²) in [5.41, 5.74) is -0.785. The minimum atomic E-state index is -1.03. The van der Waals surface area contributed by atoms with Gasteiger partial charge >= 0.3 is 6.09 Å². The van der Waals surface area contributed by atoms with Gasteiger partial charge in [0.1, 0.15) is 11.2 Å². The third-order valence-corrected chi connectivity index (χ3v) is 3.53. The van der Waals surface area contributed by atoms with Crippen LogP contribution in [0.5, 0.6) is 0 Å². The van der Waals surface area contributed by atoms with Crippen LogP contribution < -0.4 is 0 Å². The summed E-state index contributed by atoms with van der Waals surface area (Å²) >= 11 is 5.85. The van der Waals surface area contributed by atoms with Gasteiger partial charge in [0.25, 0.3) is 0 Å². The monoisotopic (exact) mass is 297 g/mol. The number of carbonyl (C=O) groups excluding carboxylic acids is 1. The molecule has 0 bridgehead atoms. The lowest BCUT2D eigenvalue weighted by atomic mass is 9.93. The highest BCUT2D eigenvalue weighted by molar-refractivity contribution is 6.30. The zero-order valence-electron chi connectivity index (χ0n) is 12.0. The lowest BCUT2D eigenvalue weighted by molar-refractivity contribution is 0.0140. The quantitative estimate of drug-likeness (QED) is 0.866. The Labute approximate surface area is 124 Å². The number of likely N-dealkylation sites (tertiary alicyclic amines) is 1. The number of hydrogen-bond acceptors (Lipinski definition) is 3. The molecule has 110 valence electrons. The van der Waals surface area contributed by atoms with Crippen molar-refractivity contribution in [1.29, 1.82) is 0 Å². The molecule has 1 N–H and O–H groups in total. The number of benzene rings is 1. The van der Waals surface area contributed by atoms with Crippen molar-refractivity contribution >= 4 is 17.7 Å². The average Bonchev–Trinajstić information content (AvgIpc) is 2.72. The maximum atomic E-state index is 12.0. The molecule has 0 spiro atoms. The van der Waals surface area contributed by atoms with Crippen molar-refractivity contribution in [2.24, 2.45) is 0 Å². The fourth-order valence-electron chi connectivity index (χ4n) is 2.27. The average molecular weight is 298 g/mol. The van der Waals surface area contributed by atoms with Gasteiger partial charge in [-0.25, -0.2) is 4.79 Å². The molecule has 1 aliphatic heterocycles. The van der Waals surface area contributed by atoms with Crippen LogP contribution in [0.1, 0.15) is 32.8 Å². The first kappa shape index (κ1) is 15.1. The molecule has 0 aliphatic carbocycles. The Kier molecular flexibility index (Phi) is 3.98. The van der Waals surface area contributed by atoms with Gasteiger partial charge in [0, 0.05) is 11.6 Å². The van der Waals surface area contributed by atoms with Gasteiger partial charge in [-0.2, -0.15) is 0 Å². The van der Waals surface area contributed by atoms with Crippen LogP contribution >= 0.6 is 11.6 Å². The molecule has 5 heteroatoms. The van der Waals surface area contributed by atoms with Gasteiger partial charge in [0.05, 0.1) is 6.54 Å². The highest BCUT2D eigenvalue weighted by atomic mass is 35.5. The van der Waals surface area contributed by atoms with E-state index in [4.69, 9.17) is 16.3 Å². The van der Waals surface area contributed by atoms with Crippen molar-refractivity contribution in [3.05, 3.63) is 34.9 Å². The van der Waals surface area contributed by atoms with Crippen LogP contribution in [-0.4, -0.2) is 34.8 Å². The van der Waals surface area contributed by atoms with Gasteiger partial charge in [-0.15, -0.1) is 0 Å². The number of nitrogens with zero attached hydrogens (tertiary/aromatic N) is 1. The number of hydrogen-bond donors (Lipinski definition) is 1. The maximum Gasteiger partial charge on any atom is 0.410 e. The fraction of sp³-hybridized carbons (Fsp3) is 0.533. The molecule has 4 nitrogen and oxygen atoms in total. The Morgan fingerprint density at radius 3 is 2.50 bits per heavy atom. The maximum absolute atomic E-state index is 12.0. The molecule has 1 aromatic carbocycles. The van der Waals surface area contributed by atoms with Gasteiger partial charge in [0.15, 0.2) is 0 Å². The van der Waals surface area contributed by atoms with Gasteiger partial charge in [-0.05, 0) is 44.9 Å². The summed E-state index contributed by atoms with van der Waals surface area (Å²) in [5, 5.41) is 11.3. The summed E-state index contributed by atoms with van der Waals surface area (Å²) in [7, 11) is 0. The Morgan fingerprint density at radius 2 is 1.95 bits per heavy atom. The summed E-state index contributed by atoms with van der Waals surface area (Å²) in [6, 6.07) is 7.07. The van der Waals surface area contributed by atoms with Crippen molar-refractivity contribution in [3.63, 3.8) is 0 Å². The first-order chi connectivity index (χ1) is 9.20. The van der Waals surface area contributed by atoms with Crippen molar-refractivity contribution in [1.82, 2.24) is 4.90 Å². The molecule has 1 aromatic rings. The molecule has 0 radical (unpaired) electrons. The molecular weight excluding hydrogens is 278 g/mol. The number of halogens is 1. The van der Waals surface area contributed by atoms with E-state index in [0.29, 0.717) is 18.0 Å². The number of aliphatic hydroxyl groups is 1. The predicted molar refractivity (Wildman–Crippen MR) is 77.8 cm³/mol. The normalized spacial score (nSPS) is 22.9. The number of carbonyl (C=O) groups is 1. The molecule has 1 fully saturated rings. The van der Waals surface area contributed by atoms with Crippen LogP contribution in [0.2, 0.25) is 5.02 Å². The van der Waals surface area contributed by atoms with Crippen molar-refractivity contribution in [3.8, 4) is 0 Å². The van der Waals surface area contributed by atoms with Gasteiger partial charge in [-0.1, -0.05) is 23.7 Å². The van der Waals surface area contributed by atoms with Crippen LogP contribution in [0.4, 0.5) is 4.79 Å². The topological polar surface area (TPSA) is 49.8 Å². The van der Waals surface area contributed by atoms with Crippen molar-refractivity contribution < 1.29 is 14.6 Å². The lowest BCUT2D eigenvalue weighted by Gasteiger charge is -2.26. The van der Waals surface area contributed by atoms with E-state index >= 15 is 0 Å². The second kappa shape index (κ2) is 5.26. The van der Waals surface area contributed by atoms with Crippen LogP contribution in [0.15, 0.2) is 24.3 Å². The molecule has 0 saturated carbocycles. The van der Waals surface area contributed by atoms with Crippen LogP contribution in [0.25, 0.3) is 0 Å². The molecular formula is C15H20ClNO3.